The Kier molecular flexibility index (Phi) is 5.35. The van der Waals surface area contributed by atoms with Crippen molar-refractivity contribution in [2.24, 2.45) is 16.9 Å². The van der Waals surface area contributed by atoms with Gasteiger partial charge in [-0.05, 0) is 30.0 Å². The smallest absolute Gasteiger partial charge is 0.267 e. The first-order chi connectivity index (χ1) is 8.41. The van der Waals surface area contributed by atoms with E-state index in [2.05, 4.69) is 38.2 Å². The first-order valence-electron chi connectivity index (χ1n) is 6.05. The molecule has 18 heavy (non-hydrogen) atoms. The second kappa shape index (κ2) is 6.55. The second-order valence-electron chi connectivity index (χ2n) is 4.80. The van der Waals surface area contributed by atoms with E-state index in [9.17, 15) is 4.79 Å². The molecule has 0 aromatic heterocycles. The van der Waals surface area contributed by atoms with Crippen LogP contribution in [0.3, 0.4) is 0 Å². The summed E-state index contributed by atoms with van der Waals surface area (Å²) in [6.45, 7) is 8.24. The van der Waals surface area contributed by atoms with Gasteiger partial charge in [0, 0.05) is 16.3 Å². The van der Waals surface area contributed by atoms with Crippen LogP contribution < -0.4 is 5.43 Å². The molecular weight excluding hydrogens is 248 g/mol. The molecule has 0 spiro atoms. The normalized spacial score (nSPS) is 10.6. The predicted octanol–water partition coefficient (Wildman–Crippen LogP) is 3.74. The molecule has 1 aromatic carbocycles. The highest BCUT2D eigenvalue weighted by Gasteiger charge is 2.11. The molecule has 0 aliphatic heterocycles. The number of benzene rings is 1. The number of hydrogen-bond donors (Lipinski definition) is 1. The second-order valence-corrected chi connectivity index (χ2v) is 5.23. The third kappa shape index (κ3) is 4.15. The van der Waals surface area contributed by atoms with Crippen molar-refractivity contribution in [2.75, 3.05) is 0 Å². The van der Waals surface area contributed by atoms with Gasteiger partial charge in [0.1, 0.15) is 0 Å². The molecule has 0 unspecified atom stereocenters. The molecule has 0 aliphatic carbocycles. The zero-order valence-corrected chi connectivity index (χ0v) is 12.0. The van der Waals surface area contributed by atoms with E-state index >= 15 is 0 Å². The topological polar surface area (TPSA) is 41.5 Å². The third-order valence-corrected chi connectivity index (χ3v) is 2.79. The zero-order valence-electron chi connectivity index (χ0n) is 11.2. The van der Waals surface area contributed by atoms with Crippen LogP contribution in [-0.4, -0.2) is 11.6 Å². The monoisotopic (exact) mass is 266 g/mol. The van der Waals surface area contributed by atoms with E-state index in [1.165, 1.54) is 0 Å². The zero-order chi connectivity index (χ0) is 13.7. The molecule has 0 aliphatic rings. The standard InChI is InChI=1S/C14H19ClN2O/c1-9(2)13(10(3)4)16-17-14(18)11-6-5-7-12(15)8-11/h5-10H,1-4H3,(H,17,18). The molecule has 1 amide bonds. The van der Waals surface area contributed by atoms with Gasteiger partial charge in [-0.25, -0.2) is 5.43 Å². The summed E-state index contributed by atoms with van der Waals surface area (Å²) in [5.74, 6) is 0.380. The van der Waals surface area contributed by atoms with Crippen molar-refractivity contribution < 1.29 is 4.79 Å². The highest BCUT2D eigenvalue weighted by atomic mass is 35.5. The quantitative estimate of drug-likeness (QED) is 0.655. The number of carbonyl (C=O) groups is 1. The molecule has 4 heteroatoms. The Balaban J connectivity index is 2.79. The lowest BCUT2D eigenvalue weighted by atomic mass is 9.98. The average molecular weight is 267 g/mol. The average Bonchev–Trinajstić information content (AvgIpc) is 2.28. The van der Waals surface area contributed by atoms with Gasteiger partial charge in [-0.2, -0.15) is 5.10 Å². The van der Waals surface area contributed by atoms with E-state index in [-0.39, 0.29) is 5.91 Å². The van der Waals surface area contributed by atoms with Crippen LogP contribution in [0.15, 0.2) is 29.4 Å². The van der Waals surface area contributed by atoms with Gasteiger partial charge < -0.3 is 0 Å². The Bertz CT molecular complexity index is 443. The molecule has 3 nitrogen and oxygen atoms in total. The lowest BCUT2D eigenvalue weighted by Gasteiger charge is -2.13. The summed E-state index contributed by atoms with van der Waals surface area (Å²) in [5, 5.41) is 4.74. The maximum atomic E-state index is 11.9. The summed E-state index contributed by atoms with van der Waals surface area (Å²) in [5.41, 5.74) is 4.07. The van der Waals surface area contributed by atoms with Crippen LogP contribution in [0, 0.1) is 11.8 Å². The maximum Gasteiger partial charge on any atom is 0.271 e. The lowest BCUT2D eigenvalue weighted by molar-refractivity contribution is 0.0954. The molecular formula is C14H19ClN2O. The predicted molar refractivity (Wildman–Crippen MR) is 76.0 cm³/mol. The van der Waals surface area contributed by atoms with Crippen molar-refractivity contribution in [3.63, 3.8) is 0 Å². The van der Waals surface area contributed by atoms with Crippen LogP contribution in [0.25, 0.3) is 0 Å². The fourth-order valence-corrected chi connectivity index (χ4v) is 1.92. The Labute approximate surface area is 113 Å². The summed E-state index contributed by atoms with van der Waals surface area (Å²) in [4.78, 5) is 11.9. The van der Waals surface area contributed by atoms with Crippen LogP contribution in [0.4, 0.5) is 0 Å². The van der Waals surface area contributed by atoms with E-state index in [0.29, 0.717) is 22.4 Å². The number of hydrazone groups is 1. The SMILES string of the molecule is CC(C)C(=NNC(=O)c1cccc(Cl)c1)C(C)C. The summed E-state index contributed by atoms with van der Waals surface area (Å²) in [6, 6.07) is 6.81. The number of nitrogens with zero attached hydrogens (tertiary/aromatic N) is 1. The Morgan fingerprint density at radius 3 is 2.33 bits per heavy atom. The number of hydrogen-bond acceptors (Lipinski definition) is 2. The minimum atomic E-state index is -0.240. The highest BCUT2D eigenvalue weighted by Crippen LogP contribution is 2.11. The molecule has 98 valence electrons. The summed E-state index contributed by atoms with van der Waals surface area (Å²) in [7, 11) is 0. The summed E-state index contributed by atoms with van der Waals surface area (Å²) >= 11 is 5.84. The molecule has 0 bridgehead atoms. The number of amides is 1. The minimum absolute atomic E-state index is 0.240. The molecule has 1 aromatic rings. The van der Waals surface area contributed by atoms with Gasteiger partial charge in [-0.15, -0.1) is 0 Å². The van der Waals surface area contributed by atoms with Crippen molar-refractivity contribution in [3.8, 4) is 0 Å². The van der Waals surface area contributed by atoms with Crippen LogP contribution in [0.2, 0.25) is 5.02 Å². The van der Waals surface area contributed by atoms with Crippen molar-refractivity contribution in [3.05, 3.63) is 34.9 Å². The van der Waals surface area contributed by atoms with Crippen LogP contribution in [0.1, 0.15) is 38.1 Å². The van der Waals surface area contributed by atoms with Gasteiger partial charge in [-0.1, -0.05) is 45.4 Å². The van der Waals surface area contributed by atoms with E-state index in [1.807, 2.05) is 0 Å². The Hall–Kier alpha value is -1.35. The van der Waals surface area contributed by atoms with E-state index in [0.717, 1.165) is 5.71 Å². The van der Waals surface area contributed by atoms with Crippen molar-refractivity contribution in [2.45, 2.75) is 27.7 Å². The Morgan fingerprint density at radius 2 is 1.83 bits per heavy atom. The minimum Gasteiger partial charge on any atom is -0.267 e. The molecule has 1 rings (SSSR count). The maximum absolute atomic E-state index is 11.9. The lowest BCUT2D eigenvalue weighted by Crippen LogP contribution is -2.24. The van der Waals surface area contributed by atoms with Gasteiger partial charge in [0.2, 0.25) is 0 Å². The summed E-state index contributed by atoms with van der Waals surface area (Å²) in [6.07, 6.45) is 0. The Morgan fingerprint density at radius 1 is 1.22 bits per heavy atom. The van der Waals surface area contributed by atoms with Crippen LogP contribution >= 0.6 is 11.6 Å². The molecule has 0 heterocycles. The van der Waals surface area contributed by atoms with Gasteiger partial charge in [0.15, 0.2) is 0 Å². The third-order valence-electron chi connectivity index (χ3n) is 2.56. The van der Waals surface area contributed by atoms with E-state index in [4.69, 9.17) is 11.6 Å². The number of nitrogens with one attached hydrogen (secondary N) is 1. The molecule has 0 fully saturated rings. The van der Waals surface area contributed by atoms with Crippen LogP contribution in [0.5, 0.6) is 0 Å². The van der Waals surface area contributed by atoms with E-state index < -0.39 is 0 Å². The first-order valence-corrected chi connectivity index (χ1v) is 6.43. The number of rotatable bonds is 4. The van der Waals surface area contributed by atoms with Gasteiger partial charge in [0.05, 0.1) is 0 Å². The molecule has 0 atom stereocenters. The first kappa shape index (κ1) is 14.7. The molecule has 0 saturated heterocycles. The molecule has 1 N–H and O–H groups in total. The van der Waals surface area contributed by atoms with Gasteiger partial charge in [-0.3, -0.25) is 4.79 Å². The van der Waals surface area contributed by atoms with E-state index in [1.54, 1.807) is 24.3 Å². The number of halogens is 1. The highest BCUT2D eigenvalue weighted by molar-refractivity contribution is 6.30. The fourth-order valence-electron chi connectivity index (χ4n) is 1.73. The molecule has 0 saturated carbocycles. The largest absolute Gasteiger partial charge is 0.271 e. The van der Waals surface area contributed by atoms with Gasteiger partial charge >= 0.3 is 0 Å². The molecule has 0 radical (unpaired) electrons. The van der Waals surface area contributed by atoms with Crippen molar-refractivity contribution in [1.82, 2.24) is 5.43 Å². The fraction of sp³-hybridized carbons (Fsp3) is 0.429. The van der Waals surface area contributed by atoms with Crippen molar-refractivity contribution >= 4 is 23.2 Å². The summed E-state index contributed by atoms with van der Waals surface area (Å²) < 4.78 is 0. The number of carbonyl (C=O) groups excluding carboxylic acids is 1. The van der Waals surface area contributed by atoms with Crippen molar-refractivity contribution in [1.29, 1.82) is 0 Å². The van der Waals surface area contributed by atoms with Crippen LogP contribution in [-0.2, 0) is 0 Å². The van der Waals surface area contributed by atoms with Gasteiger partial charge in [0.25, 0.3) is 5.91 Å².